The fourth-order valence-corrected chi connectivity index (χ4v) is 7.58. The van der Waals surface area contributed by atoms with E-state index in [4.69, 9.17) is 4.98 Å². The number of sulfonamides is 1. The Morgan fingerprint density at radius 2 is 1.51 bits per heavy atom. The molecule has 2 heterocycles. The van der Waals surface area contributed by atoms with Gasteiger partial charge in [0.25, 0.3) is 21.8 Å². The van der Waals surface area contributed by atoms with Gasteiger partial charge in [0.15, 0.2) is 0 Å². The predicted molar refractivity (Wildman–Crippen MR) is 202 cm³/mol. The zero-order chi connectivity index (χ0) is 35.8. The molecule has 0 radical (unpaired) electrons. The second-order valence-electron chi connectivity index (χ2n) is 13.1. The second kappa shape index (κ2) is 16.3. The molecule has 6 rings (SSSR count). The average molecular weight is 704 g/mol. The summed E-state index contributed by atoms with van der Waals surface area (Å²) in [5.74, 6) is -0.475. The molecule has 5 aromatic rings. The molecule has 1 N–H and O–H groups in total. The van der Waals surface area contributed by atoms with Crippen LogP contribution in [0.3, 0.4) is 0 Å². The first-order valence-corrected chi connectivity index (χ1v) is 19.4. The highest BCUT2D eigenvalue weighted by Gasteiger charge is 2.27. The number of carbonyl (C=O) groups is 2. The molecular weight excluding hydrogens is 659 g/mol. The van der Waals surface area contributed by atoms with E-state index in [0.717, 1.165) is 68.0 Å². The summed E-state index contributed by atoms with van der Waals surface area (Å²) in [6, 6.07) is 26.7. The van der Waals surface area contributed by atoms with Crippen LogP contribution in [-0.2, 0) is 23.0 Å². The van der Waals surface area contributed by atoms with Crippen LogP contribution in [-0.4, -0.2) is 54.7 Å². The van der Waals surface area contributed by atoms with Crippen molar-refractivity contribution < 1.29 is 18.0 Å². The van der Waals surface area contributed by atoms with Crippen molar-refractivity contribution in [3.8, 4) is 11.3 Å². The van der Waals surface area contributed by atoms with Crippen molar-refractivity contribution >= 4 is 38.6 Å². The Hall–Kier alpha value is -5.09. The van der Waals surface area contributed by atoms with Gasteiger partial charge in [0.05, 0.1) is 10.6 Å². The summed E-state index contributed by atoms with van der Waals surface area (Å²) in [7, 11) is -4.20. The van der Waals surface area contributed by atoms with Crippen LogP contribution in [0.1, 0.15) is 84.2 Å². The first kappa shape index (κ1) is 35.7. The normalized spacial score (nSPS) is 12.8. The molecule has 0 bridgehead atoms. The zero-order valence-electron chi connectivity index (χ0n) is 29.3. The molecule has 0 saturated heterocycles. The van der Waals surface area contributed by atoms with Gasteiger partial charge >= 0.3 is 0 Å². The quantitative estimate of drug-likeness (QED) is 0.118. The molecule has 0 unspecified atom stereocenters. The van der Waals surface area contributed by atoms with Crippen LogP contribution in [0.25, 0.3) is 22.0 Å². The molecule has 2 amide bonds. The summed E-state index contributed by atoms with van der Waals surface area (Å²) in [5, 5.41) is 1.63. The van der Waals surface area contributed by atoms with Crippen LogP contribution >= 0.6 is 0 Å². The SMILES string of the molecule is CCCCCN(CCCCC)c1nccc(-c2ccc(C(=O)NS(=O)(=O)c3ccc4ccccc4c3)cc2C(=O)N2CCc3ccccc3C2)n1. The summed E-state index contributed by atoms with van der Waals surface area (Å²) >= 11 is 0. The topological polar surface area (TPSA) is 113 Å². The predicted octanol–water partition coefficient (Wildman–Crippen LogP) is 7.80. The summed E-state index contributed by atoms with van der Waals surface area (Å²) in [6.07, 6.45) is 8.93. The standard InChI is InChI=1S/C41H45N5O4S/c1-3-5-11-24-45(25-12-6-4-2)41-42-23-21-38(43-41)36-20-18-33(28-37(36)40(48)46-26-22-31-14-8-10-16-34(31)29-46)39(47)44-51(49,50)35-19-17-30-13-7-9-15-32(30)27-35/h7-10,13-21,23,27-28H,3-6,11-12,22,24-26,29H2,1-2H3,(H,44,47). The van der Waals surface area contributed by atoms with Crippen LogP contribution in [0.15, 0.2) is 102 Å². The van der Waals surface area contributed by atoms with Crippen molar-refractivity contribution in [1.29, 1.82) is 0 Å². The molecule has 10 heteroatoms. The molecule has 0 atom stereocenters. The number of hydrogen-bond acceptors (Lipinski definition) is 7. The summed E-state index contributed by atoms with van der Waals surface area (Å²) < 4.78 is 29.0. The molecule has 1 aliphatic rings. The van der Waals surface area contributed by atoms with Gasteiger partial charge in [-0.15, -0.1) is 0 Å². The van der Waals surface area contributed by atoms with Crippen LogP contribution in [0, 0.1) is 0 Å². The smallest absolute Gasteiger partial charge is 0.265 e. The number of carbonyl (C=O) groups excluding carboxylic acids is 2. The average Bonchev–Trinajstić information content (AvgIpc) is 3.16. The molecule has 1 aromatic heterocycles. The lowest BCUT2D eigenvalue weighted by atomic mass is 9.96. The number of amides is 2. The molecule has 0 spiro atoms. The number of fused-ring (bicyclic) bond motifs is 2. The van der Waals surface area contributed by atoms with Gasteiger partial charge in [0, 0.05) is 49.1 Å². The fraction of sp³-hybridized carbons (Fsp3) is 0.317. The Morgan fingerprint density at radius 3 is 2.25 bits per heavy atom. The van der Waals surface area contributed by atoms with E-state index in [1.807, 2.05) is 42.5 Å². The van der Waals surface area contributed by atoms with Crippen LogP contribution in [0.5, 0.6) is 0 Å². The minimum atomic E-state index is -4.20. The lowest BCUT2D eigenvalue weighted by molar-refractivity contribution is 0.0735. The van der Waals surface area contributed by atoms with Crippen LogP contribution in [0.4, 0.5) is 5.95 Å². The Kier molecular flexibility index (Phi) is 11.4. The van der Waals surface area contributed by atoms with E-state index >= 15 is 0 Å². The van der Waals surface area contributed by atoms with E-state index < -0.39 is 15.9 Å². The van der Waals surface area contributed by atoms with Crippen LogP contribution in [0.2, 0.25) is 0 Å². The lowest BCUT2D eigenvalue weighted by Gasteiger charge is -2.29. The number of nitrogens with one attached hydrogen (secondary N) is 1. The number of hydrogen-bond donors (Lipinski definition) is 1. The number of nitrogens with zero attached hydrogens (tertiary/aromatic N) is 4. The summed E-state index contributed by atoms with van der Waals surface area (Å²) in [6.45, 7) is 6.98. The van der Waals surface area contributed by atoms with Crippen molar-refractivity contribution in [1.82, 2.24) is 19.6 Å². The van der Waals surface area contributed by atoms with Gasteiger partial charge in [-0.3, -0.25) is 9.59 Å². The second-order valence-corrected chi connectivity index (χ2v) is 14.8. The van der Waals surface area contributed by atoms with Crippen LogP contribution < -0.4 is 9.62 Å². The Labute approximate surface area is 300 Å². The number of anilines is 1. The monoisotopic (exact) mass is 703 g/mol. The number of benzene rings is 4. The van der Waals surface area contributed by atoms with Gasteiger partial charge in [-0.25, -0.2) is 23.1 Å². The number of unbranched alkanes of at least 4 members (excludes halogenated alkanes) is 4. The Bertz CT molecular complexity index is 2120. The van der Waals surface area contributed by atoms with Gasteiger partial charge in [0.2, 0.25) is 5.95 Å². The van der Waals surface area contributed by atoms with Gasteiger partial charge in [-0.2, -0.15) is 0 Å². The third-order valence-electron chi connectivity index (χ3n) is 9.45. The van der Waals surface area contributed by atoms with Gasteiger partial charge in [-0.1, -0.05) is 100 Å². The van der Waals surface area contributed by atoms with Crippen molar-refractivity contribution in [3.05, 3.63) is 119 Å². The highest BCUT2D eigenvalue weighted by atomic mass is 32.2. The third-order valence-corrected chi connectivity index (χ3v) is 10.8. The van der Waals surface area contributed by atoms with E-state index in [1.165, 1.54) is 23.8 Å². The minimum absolute atomic E-state index is 0.0228. The fourth-order valence-electron chi connectivity index (χ4n) is 6.57. The minimum Gasteiger partial charge on any atom is -0.341 e. The molecular formula is C41H45N5O4S. The molecule has 0 aliphatic carbocycles. The molecule has 0 fully saturated rings. The lowest BCUT2D eigenvalue weighted by Crippen LogP contribution is -2.36. The van der Waals surface area contributed by atoms with Gasteiger partial charge in [0.1, 0.15) is 0 Å². The van der Waals surface area contributed by atoms with Crippen molar-refractivity contribution in [2.24, 2.45) is 0 Å². The molecule has 1 aliphatic heterocycles. The molecule has 51 heavy (non-hydrogen) atoms. The third kappa shape index (κ3) is 8.45. The van der Waals surface area contributed by atoms with Crippen molar-refractivity contribution in [2.45, 2.75) is 70.2 Å². The maximum absolute atomic E-state index is 14.4. The molecule has 0 saturated carbocycles. The summed E-state index contributed by atoms with van der Waals surface area (Å²) in [4.78, 5) is 41.6. The molecule has 264 valence electrons. The first-order chi connectivity index (χ1) is 24.8. The highest BCUT2D eigenvalue weighted by Crippen LogP contribution is 2.29. The zero-order valence-corrected chi connectivity index (χ0v) is 30.2. The molecule has 4 aromatic carbocycles. The Morgan fingerprint density at radius 1 is 0.804 bits per heavy atom. The largest absolute Gasteiger partial charge is 0.341 e. The number of aromatic nitrogens is 2. The summed E-state index contributed by atoms with van der Waals surface area (Å²) in [5.41, 5.74) is 3.73. The number of rotatable bonds is 14. The van der Waals surface area contributed by atoms with Gasteiger partial charge < -0.3 is 9.80 Å². The molecule has 9 nitrogen and oxygen atoms in total. The Balaban J connectivity index is 1.34. The maximum atomic E-state index is 14.4. The first-order valence-electron chi connectivity index (χ1n) is 17.9. The van der Waals surface area contributed by atoms with E-state index in [-0.39, 0.29) is 21.9 Å². The van der Waals surface area contributed by atoms with E-state index in [9.17, 15) is 18.0 Å². The van der Waals surface area contributed by atoms with E-state index in [0.29, 0.717) is 36.7 Å². The van der Waals surface area contributed by atoms with E-state index in [1.54, 1.807) is 35.4 Å². The van der Waals surface area contributed by atoms with Crippen molar-refractivity contribution in [3.63, 3.8) is 0 Å². The van der Waals surface area contributed by atoms with Gasteiger partial charge in [-0.05, 0) is 71.5 Å². The highest BCUT2D eigenvalue weighted by molar-refractivity contribution is 7.90. The maximum Gasteiger partial charge on any atom is 0.265 e. The van der Waals surface area contributed by atoms with E-state index in [2.05, 4.69) is 34.5 Å². The van der Waals surface area contributed by atoms with Crippen molar-refractivity contribution in [2.75, 3.05) is 24.5 Å².